The normalized spacial score (nSPS) is 22.3. The van der Waals surface area contributed by atoms with Crippen molar-refractivity contribution in [3.8, 4) is 0 Å². The summed E-state index contributed by atoms with van der Waals surface area (Å²) in [4.78, 5) is 4.85. The number of nitrogens with zero attached hydrogens (tertiary/aromatic N) is 2. The van der Waals surface area contributed by atoms with Crippen LogP contribution in [0.5, 0.6) is 0 Å². The van der Waals surface area contributed by atoms with Crippen LogP contribution in [0.1, 0.15) is 12.0 Å². The maximum absolute atomic E-state index is 12.8. The summed E-state index contributed by atoms with van der Waals surface area (Å²) < 4.78 is 27.2. The van der Waals surface area contributed by atoms with E-state index in [-0.39, 0.29) is 6.10 Å². The monoisotopic (exact) mass is 445 g/mol. The second kappa shape index (κ2) is 9.41. The Hall–Kier alpha value is -2.03. The third-order valence-corrected chi connectivity index (χ3v) is 6.81. The van der Waals surface area contributed by atoms with E-state index in [1.54, 1.807) is 36.8 Å². The van der Waals surface area contributed by atoms with E-state index in [0.717, 1.165) is 16.9 Å². The summed E-state index contributed by atoms with van der Waals surface area (Å²) in [5.41, 5.74) is 7.53. The Morgan fingerprint density at radius 2 is 1.97 bits per heavy atom. The molecule has 0 spiro atoms. The third-order valence-electron chi connectivity index (χ3n) is 5.08. The fourth-order valence-corrected chi connectivity index (χ4v) is 4.78. The molecular formula is C22H24ClN3O3S. The Labute approximate surface area is 184 Å². The van der Waals surface area contributed by atoms with Crippen molar-refractivity contribution in [3.63, 3.8) is 0 Å². The van der Waals surface area contributed by atoms with Crippen molar-refractivity contribution in [1.82, 2.24) is 9.55 Å². The van der Waals surface area contributed by atoms with E-state index < -0.39 is 17.0 Å². The van der Waals surface area contributed by atoms with Crippen LogP contribution < -0.4 is 5.73 Å². The van der Waals surface area contributed by atoms with Crippen LogP contribution in [0, 0.1) is 0 Å². The number of hydrogen-bond acceptors (Lipinski definition) is 5. The van der Waals surface area contributed by atoms with Crippen LogP contribution in [-0.4, -0.2) is 38.4 Å². The van der Waals surface area contributed by atoms with Crippen molar-refractivity contribution < 1.29 is 14.0 Å². The second-order valence-electron chi connectivity index (χ2n) is 7.40. The van der Waals surface area contributed by atoms with Gasteiger partial charge < -0.3 is 24.3 Å². The maximum atomic E-state index is 12.8. The van der Waals surface area contributed by atoms with E-state index >= 15 is 0 Å². The van der Waals surface area contributed by atoms with Gasteiger partial charge in [0.2, 0.25) is 0 Å². The highest BCUT2D eigenvalue weighted by atomic mass is 35.5. The molecule has 3 aromatic rings. The Kier molecular flexibility index (Phi) is 6.65. The van der Waals surface area contributed by atoms with E-state index in [1.165, 1.54) is 0 Å². The molecule has 0 bridgehead atoms. The molecule has 8 heteroatoms. The molecule has 0 saturated carbocycles. The highest BCUT2D eigenvalue weighted by Gasteiger charge is 2.43. The van der Waals surface area contributed by atoms with Crippen LogP contribution in [0.2, 0.25) is 5.02 Å². The molecule has 6 nitrogen and oxygen atoms in total. The first-order valence-electron chi connectivity index (χ1n) is 9.77. The fraction of sp³-hybridized carbons (Fsp3) is 0.318. The van der Waals surface area contributed by atoms with Gasteiger partial charge in [-0.05, 0) is 59.6 Å². The van der Waals surface area contributed by atoms with Gasteiger partial charge in [0.1, 0.15) is 11.9 Å². The zero-order chi connectivity index (χ0) is 21.0. The van der Waals surface area contributed by atoms with Crippen LogP contribution in [0.15, 0.2) is 72.1 Å². The summed E-state index contributed by atoms with van der Waals surface area (Å²) >= 11 is 4.80. The number of imidazole rings is 1. The van der Waals surface area contributed by atoms with Crippen LogP contribution >= 0.6 is 11.6 Å². The Balaban J connectivity index is 1.43. The van der Waals surface area contributed by atoms with Gasteiger partial charge >= 0.3 is 0 Å². The van der Waals surface area contributed by atoms with Gasteiger partial charge in [0.05, 0.1) is 19.5 Å². The highest BCUT2D eigenvalue weighted by Crippen LogP contribution is 2.32. The van der Waals surface area contributed by atoms with Crippen molar-refractivity contribution in [2.45, 2.75) is 36.2 Å². The molecule has 1 aliphatic rings. The Morgan fingerprint density at radius 3 is 2.67 bits per heavy atom. The smallest absolute Gasteiger partial charge is 0.187 e. The molecule has 0 amide bonds. The van der Waals surface area contributed by atoms with Gasteiger partial charge in [-0.15, -0.1) is 0 Å². The zero-order valence-corrected chi connectivity index (χ0v) is 18.0. The van der Waals surface area contributed by atoms with Crippen LogP contribution in [0.3, 0.4) is 0 Å². The summed E-state index contributed by atoms with van der Waals surface area (Å²) in [6, 6.07) is 14.9. The van der Waals surface area contributed by atoms with Crippen LogP contribution in [0.4, 0.5) is 5.69 Å². The van der Waals surface area contributed by atoms with E-state index in [4.69, 9.17) is 26.8 Å². The van der Waals surface area contributed by atoms with Gasteiger partial charge in [0.25, 0.3) is 0 Å². The highest BCUT2D eigenvalue weighted by molar-refractivity contribution is 7.91. The summed E-state index contributed by atoms with van der Waals surface area (Å²) in [5.74, 6) is -0.424. The van der Waals surface area contributed by atoms with E-state index in [2.05, 4.69) is 4.98 Å². The topological polar surface area (TPSA) is 85.4 Å². The molecule has 158 valence electrons. The number of hydrogen-bond donors (Lipinski definition) is 1. The lowest BCUT2D eigenvalue weighted by molar-refractivity contribution is -0.180. The van der Waals surface area contributed by atoms with E-state index in [9.17, 15) is 4.55 Å². The summed E-state index contributed by atoms with van der Waals surface area (Å²) in [5, 5.41) is 0.713. The molecule has 1 fully saturated rings. The van der Waals surface area contributed by atoms with Gasteiger partial charge in [-0.2, -0.15) is 0 Å². The van der Waals surface area contributed by atoms with Crippen molar-refractivity contribution in [2.75, 3.05) is 18.1 Å². The fourth-order valence-electron chi connectivity index (χ4n) is 3.52. The third kappa shape index (κ3) is 5.36. The number of benzene rings is 2. The number of ether oxygens (including phenoxy) is 2. The number of halogens is 1. The van der Waals surface area contributed by atoms with Gasteiger partial charge in [-0.1, -0.05) is 23.7 Å². The summed E-state index contributed by atoms with van der Waals surface area (Å²) in [7, 11) is 0. The molecule has 2 aromatic carbocycles. The molecule has 30 heavy (non-hydrogen) atoms. The zero-order valence-electron chi connectivity index (χ0n) is 16.4. The molecular weight excluding hydrogens is 422 g/mol. The predicted octanol–water partition coefficient (Wildman–Crippen LogP) is 3.67. The van der Waals surface area contributed by atoms with Crippen molar-refractivity contribution in [3.05, 3.63) is 77.8 Å². The van der Waals surface area contributed by atoms with Crippen LogP contribution in [-0.2, 0) is 33.6 Å². The lowest BCUT2D eigenvalue weighted by atomic mass is 10.0. The molecule has 1 saturated heterocycles. The molecule has 0 aliphatic carbocycles. The summed E-state index contributed by atoms with van der Waals surface area (Å²) in [6.45, 7) is 0.918. The number of nitrogens with two attached hydrogens (primary N) is 1. The van der Waals surface area contributed by atoms with Crippen molar-refractivity contribution in [1.29, 1.82) is 0 Å². The van der Waals surface area contributed by atoms with Gasteiger partial charge in [-0.25, -0.2) is 4.98 Å². The van der Waals surface area contributed by atoms with E-state index in [1.807, 2.05) is 35.0 Å². The molecule has 2 N–H and O–H groups in total. The largest absolute Gasteiger partial charge is 0.611 e. The summed E-state index contributed by atoms with van der Waals surface area (Å²) in [6.07, 6.45) is 6.55. The standard InChI is InChI=1S/C22H24ClN3O3S/c23-18-3-1-17(2-4-18)9-10-22(15-26-12-11-25-16-26)28-13-20(29-22)14-30(27)21-7-5-19(24)6-8-21/h1-8,11-12,16,20H,9-10,13-15,24H2/t20-,22+,30?/m1/s1. The number of aromatic nitrogens is 2. The molecule has 1 aliphatic heterocycles. The average Bonchev–Trinajstić information content (AvgIpc) is 3.39. The minimum atomic E-state index is -1.19. The predicted molar refractivity (Wildman–Crippen MR) is 118 cm³/mol. The lowest BCUT2D eigenvalue weighted by Crippen LogP contribution is -2.37. The Morgan fingerprint density at radius 1 is 1.20 bits per heavy atom. The molecule has 1 aromatic heterocycles. The van der Waals surface area contributed by atoms with Crippen molar-refractivity contribution >= 4 is 28.5 Å². The minimum Gasteiger partial charge on any atom is -0.611 e. The SMILES string of the molecule is Nc1ccc([S+]([O-])C[C@H]2CO[C@](CCc3ccc(Cl)cc3)(Cn3ccnc3)O2)cc1. The first-order chi connectivity index (χ1) is 14.5. The molecule has 1 unspecified atom stereocenters. The molecule has 4 rings (SSSR count). The van der Waals surface area contributed by atoms with Crippen molar-refractivity contribution in [2.24, 2.45) is 0 Å². The number of rotatable bonds is 8. The number of nitrogen functional groups attached to an aromatic ring is 1. The maximum Gasteiger partial charge on any atom is 0.187 e. The lowest BCUT2D eigenvalue weighted by Gasteiger charge is -2.28. The number of aryl methyl sites for hydroxylation is 1. The minimum absolute atomic E-state index is 0.253. The first-order valence-corrected chi connectivity index (χ1v) is 11.5. The first kappa shape index (κ1) is 21.2. The van der Waals surface area contributed by atoms with E-state index in [0.29, 0.717) is 36.0 Å². The molecule has 2 heterocycles. The van der Waals surface area contributed by atoms with Gasteiger partial charge in [0, 0.05) is 29.5 Å². The van der Waals surface area contributed by atoms with Gasteiger partial charge in [0.15, 0.2) is 10.7 Å². The molecule has 0 radical (unpaired) electrons. The quantitative estimate of drug-likeness (QED) is 0.422. The van der Waals surface area contributed by atoms with Gasteiger partial charge in [-0.3, -0.25) is 0 Å². The Bertz CT molecular complexity index is 937. The second-order valence-corrected chi connectivity index (χ2v) is 9.34. The average molecular weight is 446 g/mol. The van der Waals surface area contributed by atoms with Crippen LogP contribution in [0.25, 0.3) is 0 Å². The number of anilines is 1. The molecule has 3 atom stereocenters.